The first-order valence-corrected chi connectivity index (χ1v) is 48.1. The van der Waals surface area contributed by atoms with Gasteiger partial charge in [0, 0.05) is 11.8 Å². The highest BCUT2D eigenvalue weighted by Gasteiger charge is 2.74. The minimum absolute atomic E-state index is 0.0605. The van der Waals surface area contributed by atoms with Gasteiger partial charge in [0.05, 0.1) is 100 Å². The Balaban J connectivity index is 0.780. The van der Waals surface area contributed by atoms with Gasteiger partial charge >= 0.3 is 17.9 Å². The summed E-state index contributed by atoms with van der Waals surface area (Å²) in [6.07, 6.45) is -60.1. The zero-order chi connectivity index (χ0) is 103. The molecule has 8 saturated heterocycles. The van der Waals surface area contributed by atoms with Crippen LogP contribution < -0.4 is 0 Å². The van der Waals surface area contributed by atoms with Crippen LogP contribution in [0.1, 0.15) is 146 Å². The number of carbonyl (C=O) groups excluding carboxylic acids is 3. The van der Waals surface area contributed by atoms with Crippen LogP contribution in [0.3, 0.4) is 0 Å². The Morgan fingerprint density at radius 1 is 0.457 bits per heavy atom. The first kappa shape index (κ1) is 113. The molecule has 0 unspecified atom stereocenters. The van der Waals surface area contributed by atoms with Crippen LogP contribution in [0.4, 0.5) is 0 Å². The summed E-state index contributed by atoms with van der Waals surface area (Å²) in [5, 5.41) is 278. The number of aliphatic hydroxyl groups excluding tert-OH is 24. The summed E-state index contributed by atoms with van der Waals surface area (Å²) in [6, 6.07) is 0. The van der Waals surface area contributed by atoms with Gasteiger partial charge in [0.2, 0.25) is 6.29 Å². The van der Waals surface area contributed by atoms with Gasteiger partial charge in [-0.15, -0.1) is 13.2 Å². The summed E-state index contributed by atoms with van der Waals surface area (Å²) < 4.78 is 109. The van der Waals surface area contributed by atoms with Crippen LogP contribution in [-0.2, 0) is 99.6 Å². The standard InChI is InChI=1S/C94H148O46/c1-13-89(8,122)23-15-17-41(31-96)77(120)134-72-46(102)37-124-79(69(72)117)140-90(9,14-2)24-16-18-40(30-95)76(119)132-55-29-94(86(121)139-85-75(64(112)59(107)48(33-98)130-85)138-83-70(118)73(136-82-68(116)62(110)58(106)47(32-97)128-82)71(39(3)127-83)135-81-66(114)60(108)49(34-99)129-81)43(27-87(55,4)5)42-19-20-52-91(10)25-22-54(88(6,7)51(91)21-26-92(52,11)93(42,12)28-53(94)103)133-80-67(115)63(111)61(109)50(131-80)38-126-84-74(57(105)45(101)36-125-84)137-78-65(113)56(104)44(100)35-123-78/h13-14,17-19,39,43-75,78-85,95-118,122H,1-2,15-16,20-38H2,3-12H3/b40-18+,41-17+/t39-,43-,44-,45-,46-,47-,48-,49+,50-,51+,52-,53-,54+,55+,56+,57+,58-,59-,60+,61-,62+,63+,64+,65-,66-,67-,68-,69-,70-,71-,72+,73-,74-,75-,78+,79+,80+,81+,82+,83+,84+,85+,89+,90+,91+,92-,93+,94+/m0/s1. The fourth-order valence-electron chi connectivity index (χ4n) is 23.8. The van der Waals surface area contributed by atoms with Gasteiger partial charge in [-0.05, 0) is 131 Å². The van der Waals surface area contributed by atoms with Crippen LogP contribution in [0.15, 0.2) is 60.3 Å². The molecule has 4 saturated carbocycles. The molecule has 0 spiro atoms. The third-order valence-corrected chi connectivity index (χ3v) is 32.9. The van der Waals surface area contributed by atoms with Crippen molar-refractivity contribution in [3.63, 3.8) is 0 Å². The van der Waals surface area contributed by atoms with Crippen molar-refractivity contribution in [3.8, 4) is 0 Å². The molecule has 12 fully saturated rings. The number of hydrogen-bond donors (Lipinski definition) is 25. The number of esters is 3. The lowest BCUT2D eigenvalue weighted by Gasteiger charge is -2.72. The van der Waals surface area contributed by atoms with E-state index in [1.165, 1.54) is 38.2 Å². The minimum Gasteiger partial charge on any atom is -0.458 e. The highest BCUT2D eigenvalue weighted by atomic mass is 16.8. The lowest BCUT2D eigenvalue weighted by molar-refractivity contribution is -0.390. The van der Waals surface area contributed by atoms with E-state index in [1.807, 2.05) is 20.8 Å². The van der Waals surface area contributed by atoms with Crippen molar-refractivity contribution in [1.29, 1.82) is 0 Å². The van der Waals surface area contributed by atoms with Crippen molar-refractivity contribution in [2.24, 2.45) is 50.2 Å². The molecule has 25 N–H and O–H groups in total. The lowest BCUT2D eigenvalue weighted by Crippen LogP contribution is -2.70. The molecule has 0 radical (unpaired) electrons. The minimum atomic E-state index is -2.29. The molecule has 0 aromatic heterocycles. The van der Waals surface area contributed by atoms with Crippen LogP contribution in [-0.4, -0.2) is 456 Å². The van der Waals surface area contributed by atoms with Crippen LogP contribution in [0.5, 0.6) is 0 Å². The molecule has 46 nitrogen and oxygen atoms in total. The molecule has 0 aromatic carbocycles. The molecule has 13 aliphatic rings. The average Bonchev–Trinajstić information content (AvgIpc) is 0.735. The first-order chi connectivity index (χ1) is 65.7. The predicted molar refractivity (Wildman–Crippen MR) is 469 cm³/mol. The highest BCUT2D eigenvalue weighted by Crippen LogP contribution is 2.76. The third-order valence-electron chi connectivity index (χ3n) is 32.9. The molecule has 46 heteroatoms. The Bertz CT molecular complexity index is 4270. The summed E-state index contributed by atoms with van der Waals surface area (Å²) in [5.74, 6) is -4.89. The number of allylic oxidation sites excluding steroid dienone is 4. The molecular formula is C94H148O46. The second kappa shape index (κ2) is 44.7. The molecule has 0 bridgehead atoms. The average molecular weight is 2010 g/mol. The Morgan fingerprint density at radius 3 is 1.54 bits per heavy atom. The van der Waals surface area contributed by atoms with E-state index >= 15 is 9.59 Å². The number of fused-ring (bicyclic) bond motifs is 7. The molecular weight excluding hydrogens is 1860 g/mol. The van der Waals surface area contributed by atoms with E-state index < -0.39 is 373 Å². The number of rotatable bonds is 34. The highest BCUT2D eigenvalue weighted by molar-refractivity contribution is 5.89. The topological polar surface area (TPSA) is 723 Å². The van der Waals surface area contributed by atoms with E-state index in [0.29, 0.717) is 37.7 Å². The Morgan fingerprint density at radius 2 is 0.943 bits per heavy atom. The van der Waals surface area contributed by atoms with Crippen molar-refractivity contribution in [1.82, 2.24) is 0 Å². The lowest BCUT2D eigenvalue weighted by atomic mass is 9.33. The van der Waals surface area contributed by atoms with Gasteiger partial charge in [-0.1, -0.05) is 84.4 Å². The molecule has 0 aromatic rings. The molecule has 800 valence electrons. The van der Waals surface area contributed by atoms with Gasteiger partial charge in [-0.25, -0.2) is 9.59 Å². The maximum absolute atomic E-state index is 16.8. The zero-order valence-electron chi connectivity index (χ0n) is 80.2. The smallest absolute Gasteiger partial charge is 0.336 e. The van der Waals surface area contributed by atoms with E-state index in [9.17, 15) is 132 Å². The molecule has 8 heterocycles. The van der Waals surface area contributed by atoms with Crippen LogP contribution in [0, 0.1) is 50.2 Å². The fourth-order valence-corrected chi connectivity index (χ4v) is 23.8. The van der Waals surface area contributed by atoms with Gasteiger partial charge in [-0.3, -0.25) is 4.79 Å². The molecule has 8 aliphatic heterocycles. The van der Waals surface area contributed by atoms with E-state index in [1.54, 1.807) is 20.8 Å². The first-order valence-electron chi connectivity index (χ1n) is 48.1. The Kier molecular flexibility index (Phi) is 36.0. The number of hydrogen-bond acceptors (Lipinski definition) is 46. The van der Waals surface area contributed by atoms with Gasteiger partial charge in [-0.2, -0.15) is 0 Å². The van der Waals surface area contributed by atoms with Gasteiger partial charge in [0.1, 0.15) is 164 Å². The SMILES string of the molecule is C=C[C@@](C)(O)CC/C=C(\CO)C(=O)O[C@H]1[C@H](O)[C@@H](O[C@](C)(C=C)CC/C=C(\CO)C(=O)O[C@@H]2C[C@]3(C(=O)O[C@H]4O[C@@H](CO)[C@H](O)[C@@H](O)[C@@H]4O[C@H]4O[C@@H](C)[C@H](O[C@H]5O[C@H](CO)[C@@H](O)[C@@H]5O)[C@@H](O[C@H]5O[C@@H](CO)[C@H](O)[C@@H](O)[C@@H]5O)[C@@H]4O)[C@@H](O)C[C@]4(C)C(=CC[C@H]5[C@]6(C)CC[C@@H](O[C@H]7O[C@@H](CO[C@H]8OC[C@H](O)[C@@H](O)[C@@H]8O[C@H]8OC[C@H](O)[C@@H](O)[C@@H]8O)[C@H](O)[C@@H](O)[C@@H]7O)C(C)(C)[C@H]6CC[C@@]54C)[C@@H]3CC2(C)C)OC[C@@H]1O. The van der Waals surface area contributed by atoms with Crippen molar-refractivity contribution in [3.05, 3.63) is 60.3 Å². The Labute approximate surface area is 809 Å². The normalized spacial score (nSPS) is 48.0. The van der Waals surface area contributed by atoms with E-state index in [0.717, 1.165) is 0 Å². The summed E-state index contributed by atoms with van der Waals surface area (Å²) in [6.45, 7) is 19.3. The second-order valence-electron chi connectivity index (χ2n) is 42.5. The van der Waals surface area contributed by atoms with Crippen LogP contribution >= 0.6 is 0 Å². The summed E-state index contributed by atoms with van der Waals surface area (Å²) in [5.41, 5.74) is -9.13. The maximum Gasteiger partial charge on any atom is 0.336 e. The summed E-state index contributed by atoms with van der Waals surface area (Å²) in [7, 11) is 0. The van der Waals surface area contributed by atoms with Crippen molar-refractivity contribution in [2.75, 3.05) is 59.5 Å². The quantitative estimate of drug-likeness (QED) is 0.00936. The van der Waals surface area contributed by atoms with Crippen LogP contribution in [0.2, 0.25) is 0 Å². The van der Waals surface area contributed by atoms with E-state index in [4.69, 9.17) is 85.3 Å². The monoisotopic (exact) mass is 2010 g/mol. The maximum atomic E-state index is 16.8. The van der Waals surface area contributed by atoms with E-state index in [-0.39, 0.29) is 61.5 Å². The molecule has 0 amide bonds. The fraction of sp³-hybridized carbons (Fsp3) is 0.862. The zero-order valence-corrected chi connectivity index (χ0v) is 80.2. The molecule has 140 heavy (non-hydrogen) atoms. The molecule has 13 rings (SSSR count). The Hall–Kier alpha value is -4.49. The van der Waals surface area contributed by atoms with Crippen molar-refractivity contribution >= 4 is 17.9 Å². The predicted octanol–water partition coefficient (Wildman–Crippen LogP) is -6.84. The van der Waals surface area contributed by atoms with Crippen LogP contribution in [0.25, 0.3) is 0 Å². The van der Waals surface area contributed by atoms with Crippen molar-refractivity contribution < 1.29 is 227 Å². The van der Waals surface area contributed by atoms with Gasteiger partial charge in [0.25, 0.3) is 0 Å². The number of aliphatic hydroxyl groups is 25. The van der Waals surface area contributed by atoms with Gasteiger partial charge < -0.3 is 213 Å². The van der Waals surface area contributed by atoms with E-state index in [2.05, 4.69) is 33.1 Å². The largest absolute Gasteiger partial charge is 0.458 e. The van der Waals surface area contributed by atoms with Gasteiger partial charge in [0.15, 0.2) is 56.2 Å². The molecule has 5 aliphatic carbocycles. The number of ether oxygens (including phenoxy) is 18. The summed E-state index contributed by atoms with van der Waals surface area (Å²) >= 11 is 0. The molecule has 48 atom stereocenters. The number of carbonyl (C=O) groups is 3. The second-order valence-corrected chi connectivity index (χ2v) is 42.5. The summed E-state index contributed by atoms with van der Waals surface area (Å²) in [4.78, 5) is 45.3. The third kappa shape index (κ3) is 21.9. The van der Waals surface area contributed by atoms with Crippen molar-refractivity contribution in [2.45, 2.75) is 397 Å².